The van der Waals surface area contributed by atoms with Gasteiger partial charge in [0.1, 0.15) is 6.10 Å². The van der Waals surface area contributed by atoms with Crippen molar-refractivity contribution in [2.45, 2.75) is 57.9 Å². The lowest BCUT2D eigenvalue weighted by Crippen LogP contribution is -2.44. The van der Waals surface area contributed by atoms with Crippen LogP contribution in [-0.2, 0) is 24.3 Å². The maximum absolute atomic E-state index is 12.5. The monoisotopic (exact) mass is 495 g/mol. The first-order valence-corrected chi connectivity index (χ1v) is 11.6. The Kier molecular flexibility index (Phi) is 9.68. The summed E-state index contributed by atoms with van der Waals surface area (Å²) in [5.74, 6) is -1.72. The number of nitrogens with zero attached hydrogens (tertiary/aromatic N) is 1. The Morgan fingerprint density at radius 3 is 2.50 bits per heavy atom. The number of carbonyl (C=O) groups is 2. The molecule has 0 aromatic carbocycles. The molecular weight excluding hydrogens is 471 g/mol. The first-order chi connectivity index (χ1) is 12.9. The quantitative estimate of drug-likeness (QED) is 0.341. The number of amides is 1. The molecule has 0 bridgehead atoms. The lowest BCUT2D eigenvalue weighted by molar-refractivity contribution is -0.130. The minimum Gasteiger partial charge on any atom is -0.449 e. The van der Waals surface area contributed by atoms with Crippen LogP contribution in [0.15, 0.2) is 0 Å². The van der Waals surface area contributed by atoms with E-state index in [0.29, 0.717) is 17.1 Å². The smallest absolute Gasteiger partial charge is 0.423 e. The maximum atomic E-state index is 12.5. The number of sulfonamides is 1. The van der Waals surface area contributed by atoms with E-state index in [1.54, 1.807) is 6.92 Å². The number of ether oxygens (including phenoxy) is 2. The molecule has 0 radical (unpaired) electrons. The number of alkyl halides is 4. The van der Waals surface area contributed by atoms with Crippen LogP contribution in [0.1, 0.15) is 39.5 Å². The summed E-state index contributed by atoms with van der Waals surface area (Å²) in [4.78, 5) is 24.1. The van der Waals surface area contributed by atoms with E-state index in [2.05, 4.69) is 15.9 Å². The van der Waals surface area contributed by atoms with Gasteiger partial charge < -0.3 is 9.47 Å². The van der Waals surface area contributed by atoms with E-state index in [9.17, 15) is 31.2 Å². The van der Waals surface area contributed by atoms with Crippen molar-refractivity contribution in [2.24, 2.45) is 5.92 Å². The molecule has 28 heavy (non-hydrogen) atoms. The van der Waals surface area contributed by atoms with Crippen molar-refractivity contribution in [3.8, 4) is 0 Å². The third-order valence-electron chi connectivity index (χ3n) is 4.22. The Labute approximate surface area is 171 Å². The van der Waals surface area contributed by atoms with E-state index in [1.807, 2.05) is 6.92 Å². The molecule has 1 unspecified atom stereocenters. The Morgan fingerprint density at radius 1 is 1.32 bits per heavy atom. The number of hydrogen-bond acceptors (Lipinski definition) is 6. The minimum atomic E-state index is -4.68. The van der Waals surface area contributed by atoms with Gasteiger partial charge in [-0.3, -0.25) is 4.79 Å². The summed E-state index contributed by atoms with van der Waals surface area (Å²) in [5, 5.41) is 0.0569. The van der Waals surface area contributed by atoms with Gasteiger partial charge in [0.05, 0.1) is 36.8 Å². The van der Waals surface area contributed by atoms with Gasteiger partial charge in [0.15, 0.2) is 5.78 Å². The molecule has 7 nitrogen and oxygen atoms in total. The summed E-state index contributed by atoms with van der Waals surface area (Å²) in [6, 6.07) is 0. The maximum Gasteiger partial charge on any atom is 0.423 e. The van der Waals surface area contributed by atoms with Crippen LogP contribution in [-0.4, -0.2) is 67.2 Å². The molecule has 1 saturated heterocycles. The Balaban J connectivity index is 2.92. The predicted octanol–water partition coefficient (Wildman–Crippen LogP) is 3.26. The van der Waals surface area contributed by atoms with Gasteiger partial charge in [-0.05, 0) is 18.8 Å². The van der Waals surface area contributed by atoms with Crippen LogP contribution in [0.5, 0.6) is 0 Å². The van der Waals surface area contributed by atoms with E-state index in [1.165, 1.54) is 0 Å². The standard InChI is InChI=1S/C16H25BrF3NO6S/c1-3-4-6-26-15(23)21(28(24,25)7-5-16(18,19)20)10-12-8-11(2)14(27-12)13(22)9-17/h11-12,14H,3-10H2,1-2H3/t11-,12?,14+/m0/s1. The minimum absolute atomic E-state index is 0.0484. The number of carbonyl (C=O) groups excluding carboxylic acids is 2. The van der Waals surface area contributed by atoms with Crippen molar-refractivity contribution in [3.05, 3.63) is 0 Å². The van der Waals surface area contributed by atoms with Crippen molar-refractivity contribution in [2.75, 3.05) is 24.2 Å². The Bertz CT molecular complexity index is 643. The normalized spacial score (nSPS) is 22.9. The third-order valence-corrected chi connectivity index (χ3v) is 6.46. The van der Waals surface area contributed by atoms with Crippen molar-refractivity contribution in [3.63, 3.8) is 0 Å². The number of halogens is 4. The fraction of sp³-hybridized carbons (Fsp3) is 0.875. The van der Waals surface area contributed by atoms with Crippen LogP contribution in [0.3, 0.4) is 0 Å². The second-order valence-corrected chi connectivity index (χ2v) is 9.25. The highest BCUT2D eigenvalue weighted by Crippen LogP contribution is 2.29. The molecule has 1 rings (SSSR count). The molecule has 0 aliphatic carbocycles. The summed E-state index contributed by atoms with van der Waals surface area (Å²) in [6.07, 6.45) is -7.60. The number of hydrogen-bond donors (Lipinski definition) is 0. The zero-order valence-electron chi connectivity index (χ0n) is 15.7. The summed E-state index contributed by atoms with van der Waals surface area (Å²) >= 11 is 3.04. The zero-order chi connectivity index (χ0) is 21.5. The van der Waals surface area contributed by atoms with Crippen molar-refractivity contribution < 1.29 is 40.7 Å². The highest BCUT2D eigenvalue weighted by atomic mass is 79.9. The summed E-state index contributed by atoms with van der Waals surface area (Å²) < 4.78 is 72.9. The summed E-state index contributed by atoms with van der Waals surface area (Å²) in [6.45, 7) is 3.03. The molecule has 3 atom stereocenters. The van der Waals surface area contributed by atoms with Crippen molar-refractivity contribution >= 4 is 37.8 Å². The Morgan fingerprint density at radius 2 is 1.96 bits per heavy atom. The van der Waals surface area contributed by atoms with E-state index in [0.717, 1.165) is 0 Å². The molecule has 0 saturated carbocycles. The third kappa shape index (κ3) is 7.86. The molecule has 0 N–H and O–H groups in total. The highest BCUT2D eigenvalue weighted by molar-refractivity contribution is 9.09. The molecule has 164 valence electrons. The van der Waals surface area contributed by atoms with Gasteiger partial charge in [-0.1, -0.05) is 36.2 Å². The predicted molar refractivity (Wildman–Crippen MR) is 98.7 cm³/mol. The average molecular weight is 496 g/mol. The molecule has 0 aromatic heterocycles. The van der Waals surface area contributed by atoms with Crippen molar-refractivity contribution in [1.82, 2.24) is 4.31 Å². The van der Waals surface area contributed by atoms with Crippen LogP contribution in [0.25, 0.3) is 0 Å². The molecule has 12 heteroatoms. The van der Waals surface area contributed by atoms with Gasteiger partial charge in [0, 0.05) is 0 Å². The van der Waals surface area contributed by atoms with Crippen LogP contribution in [0.4, 0.5) is 18.0 Å². The molecule has 1 heterocycles. The number of Topliss-reactive ketones (excluding diaryl/α,β-unsaturated/α-hetero) is 1. The molecular formula is C16H25BrF3NO6S. The van der Waals surface area contributed by atoms with Gasteiger partial charge in [0.2, 0.25) is 10.0 Å². The summed E-state index contributed by atoms with van der Waals surface area (Å²) in [5.41, 5.74) is 0. The number of unbranched alkanes of at least 4 members (excludes halogenated alkanes) is 1. The number of rotatable bonds is 10. The van der Waals surface area contributed by atoms with Crippen LogP contribution >= 0.6 is 15.9 Å². The van der Waals surface area contributed by atoms with E-state index < -0.39 is 53.2 Å². The van der Waals surface area contributed by atoms with Gasteiger partial charge in [0.25, 0.3) is 0 Å². The van der Waals surface area contributed by atoms with Gasteiger partial charge >= 0.3 is 12.3 Å². The topological polar surface area (TPSA) is 90.0 Å². The van der Waals surface area contributed by atoms with Gasteiger partial charge in [-0.15, -0.1) is 0 Å². The Hall–Kier alpha value is -0.880. The second kappa shape index (κ2) is 10.8. The second-order valence-electron chi connectivity index (χ2n) is 6.67. The SMILES string of the molecule is CCCCOC(=O)N(CC1C[C@H](C)[C@H](C(=O)CBr)O1)S(=O)(=O)CCC(F)(F)F. The molecule has 1 aliphatic heterocycles. The van der Waals surface area contributed by atoms with Gasteiger partial charge in [-0.25, -0.2) is 17.5 Å². The van der Waals surface area contributed by atoms with Crippen LogP contribution < -0.4 is 0 Å². The van der Waals surface area contributed by atoms with E-state index in [4.69, 9.17) is 9.47 Å². The molecule has 1 fully saturated rings. The van der Waals surface area contributed by atoms with Crippen LogP contribution in [0, 0.1) is 5.92 Å². The average Bonchev–Trinajstić information content (AvgIpc) is 2.97. The van der Waals surface area contributed by atoms with Gasteiger partial charge in [-0.2, -0.15) is 13.2 Å². The lowest BCUT2D eigenvalue weighted by atomic mass is 9.99. The van der Waals surface area contributed by atoms with E-state index in [-0.39, 0.29) is 30.1 Å². The zero-order valence-corrected chi connectivity index (χ0v) is 18.1. The summed E-state index contributed by atoms with van der Waals surface area (Å²) in [7, 11) is -4.58. The van der Waals surface area contributed by atoms with E-state index >= 15 is 0 Å². The first kappa shape index (κ1) is 25.2. The van der Waals surface area contributed by atoms with Crippen LogP contribution in [0.2, 0.25) is 0 Å². The first-order valence-electron chi connectivity index (χ1n) is 8.89. The van der Waals surface area contributed by atoms with Crippen molar-refractivity contribution in [1.29, 1.82) is 0 Å². The molecule has 1 aliphatic rings. The lowest BCUT2D eigenvalue weighted by Gasteiger charge is -2.25. The highest BCUT2D eigenvalue weighted by Gasteiger charge is 2.41. The fourth-order valence-corrected chi connectivity index (χ4v) is 4.44. The largest absolute Gasteiger partial charge is 0.449 e. The molecule has 0 aromatic rings. The number of ketones is 1. The molecule has 1 amide bonds. The fourth-order valence-electron chi connectivity index (χ4n) is 2.74. The molecule has 0 spiro atoms.